The van der Waals surface area contributed by atoms with Crippen LogP contribution in [0.5, 0.6) is 5.75 Å². The van der Waals surface area contributed by atoms with Gasteiger partial charge in [-0.3, -0.25) is 0 Å². The fraction of sp³-hybridized carbons (Fsp3) is 0.294. The second-order valence-corrected chi connectivity index (χ2v) is 5.53. The van der Waals surface area contributed by atoms with Gasteiger partial charge in [-0.05, 0) is 42.9 Å². The molecule has 0 fully saturated rings. The molecule has 0 bridgehead atoms. The van der Waals surface area contributed by atoms with E-state index in [-0.39, 0.29) is 6.04 Å². The second-order valence-electron chi connectivity index (χ2n) is 5.09. The standard InChI is InChI=1S/C17H21ClN2O/c1-19-17(12-5-8-14(9-6-12)20(2)3)15-11-13(18)7-10-16(15)21-4/h5-11,17,19H,1-4H3. The average molecular weight is 305 g/mol. The summed E-state index contributed by atoms with van der Waals surface area (Å²) >= 11 is 6.14. The number of rotatable bonds is 5. The van der Waals surface area contributed by atoms with E-state index in [0.29, 0.717) is 5.02 Å². The Morgan fingerprint density at radius 3 is 2.29 bits per heavy atom. The van der Waals surface area contributed by atoms with Crippen molar-refractivity contribution in [2.75, 3.05) is 33.2 Å². The number of nitrogens with zero attached hydrogens (tertiary/aromatic N) is 1. The van der Waals surface area contributed by atoms with Gasteiger partial charge in [-0.1, -0.05) is 23.7 Å². The predicted octanol–water partition coefficient (Wildman–Crippen LogP) is 3.72. The summed E-state index contributed by atoms with van der Waals surface area (Å²) in [7, 11) is 7.68. The number of anilines is 1. The maximum Gasteiger partial charge on any atom is 0.124 e. The van der Waals surface area contributed by atoms with Crippen molar-refractivity contribution in [3.63, 3.8) is 0 Å². The number of nitrogens with one attached hydrogen (secondary N) is 1. The maximum absolute atomic E-state index is 6.14. The molecular weight excluding hydrogens is 284 g/mol. The molecule has 0 spiro atoms. The summed E-state index contributed by atoms with van der Waals surface area (Å²) in [5.41, 5.74) is 3.38. The van der Waals surface area contributed by atoms with E-state index in [1.165, 1.54) is 11.3 Å². The third-order valence-electron chi connectivity index (χ3n) is 3.53. The minimum Gasteiger partial charge on any atom is -0.496 e. The Kier molecular flexibility index (Phi) is 5.10. The highest BCUT2D eigenvalue weighted by Crippen LogP contribution is 2.32. The third kappa shape index (κ3) is 3.49. The van der Waals surface area contributed by atoms with Gasteiger partial charge in [0.2, 0.25) is 0 Å². The van der Waals surface area contributed by atoms with Crippen LogP contribution in [-0.2, 0) is 0 Å². The smallest absolute Gasteiger partial charge is 0.124 e. The van der Waals surface area contributed by atoms with Crippen molar-refractivity contribution in [3.05, 3.63) is 58.6 Å². The molecular formula is C17H21ClN2O. The molecule has 0 heterocycles. The molecule has 0 aliphatic rings. The molecule has 2 aromatic carbocycles. The van der Waals surface area contributed by atoms with Crippen molar-refractivity contribution in [2.45, 2.75) is 6.04 Å². The van der Waals surface area contributed by atoms with Gasteiger partial charge in [0.1, 0.15) is 5.75 Å². The first kappa shape index (κ1) is 15.7. The van der Waals surface area contributed by atoms with Gasteiger partial charge in [0.25, 0.3) is 0 Å². The molecule has 2 rings (SSSR count). The highest BCUT2D eigenvalue weighted by molar-refractivity contribution is 6.30. The van der Waals surface area contributed by atoms with Gasteiger partial charge in [0, 0.05) is 30.4 Å². The molecule has 0 aliphatic carbocycles. The Bertz CT molecular complexity index is 596. The Morgan fingerprint density at radius 1 is 1.10 bits per heavy atom. The van der Waals surface area contributed by atoms with Crippen LogP contribution >= 0.6 is 11.6 Å². The normalized spacial score (nSPS) is 12.0. The van der Waals surface area contributed by atoms with Crippen molar-refractivity contribution in [3.8, 4) is 5.75 Å². The number of hydrogen-bond donors (Lipinski definition) is 1. The number of benzene rings is 2. The number of halogens is 1. The fourth-order valence-corrected chi connectivity index (χ4v) is 2.58. The molecule has 0 radical (unpaired) electrons. The van der Waals surface area contributed by atoms with Gasteiger partial charge in [0.15, 0.2) is 0 Å². The molecule has 0 amide bonds. The van der Waals surface area contributed by atoms with Crippen LogP contribution in [0.15, 0.2) is 42.5 Å². The highest BCUT2D eigenvalue weighted by atomic mass is 35.5. The van der Waals surface area contributed by atoms with E-state index in [1.807, 2.05) is 39.3 Å². The van der Waals surface area contributed by atoms with Gasteiger partial charge < -0.3 is 15.0 Å². The third-order valence-corrected chi connectivity index (χ3v) is 3.77. The van der Waals surface area contributed by atoms with Crippen molar-refractivity contribution in [1.29, 1.82) is 0 Å². The van der Waals surface area contributed by atoms with E-state index in [4.69, 9.17) is 16.3 Å². The van der Waals surface area contributed by atoms with Crippen LogP contribution in [-0.4, -0.2) is 28.3 Å². The van der Waals surface area contributed by atoms with Gasteiger partial charge in [0.05, 0.1) is 13.2 Å². The van der Waals surface area contributed by atoms with Crippen molar-refractivity contribution < 1.29 is 4.74 Å². The Morgan fingerprint density at radius 2 is 1.76 bits per heavy atom. The first-order valence-electron chi connectivity index (χ1n) is 6.84. The zero-order valence-electron chi connectivity index (χ0n) is 12.9. The van der Waals surface area contributed by atoms with Crippen LogP contribution in [0.4, 0.5) is 5.69 Å². The first-order chi connectivity index (χ1) is 10.1. The zero-order valence-corrected chi connectivity index (χ0v) is 13.6. The lowest BCUT2D eigenvalue weighted by Crippen LogP contribution is -2.18. The van der Waals surface area contributed by atoms with E-state index in [9.17, 15) is 0 Å². The number of hydrogen-bond acceptors (Lipinski definition) is 3. The molecule has 1 unspecified atom stereocenters. The van der Waals surface area contributed by atoms with Crippen LogP contribution in [0.1, 0.15) is 17.2 Å². The summed E-state index contributed by atoms with van der Waals surface area (Å²) in [6, 6.07) is 14.2. The Hall–Kier alpha value is -1.71. The van der Waals surface area contributed by atoms with Gasteiger partial charge in [-0.2, -0.15) is 0 Å². The van der Waals surface area contributed by atoms with Crippen LogP contribution in [0.2, 0.25) is 5.02 Å². The maximum atomic E-state index is 6.14. The lowest BCUT2D eigenvalue weighted by atomic mass is 9.97. The molecule has 1 atom stereocenters. The van der Waals surface area contributed by atoms with Crippen LogP contribution < -0.4 is 15.0 Å². The summed E-state index contributed by atoms with van der Waals surface area (Å²) < 4.78 is 5.46. The van der Waals surface area contributed by atoms with Gasteiger partial charge in [-0.25, -0.2) is 0 Å². The molecule has 2 aromatic rings. The van der Waals surface area contributed by atoms with E-state index in [0.717, 1.165) is 11.3 Å². The number of methoxy groups -OCH3 is 1. The first-order valence-corrected chi connectivity index (χ1v) is 7.22. The summed E-state index contributed by atoms with van der Waals surface area (Å²) in [4.78, 5) is 2.08. The molecule has 0 saturated heterocycles. The van der Waals surface area contributed by atoms with Crippen molar-refractivity contribution >= 4 is 17.3 Å². The van der Waals surface area contributed by atoms with Crippen molar-refractivity contribution in [1.82, 2.24) is 5.32 Å². The van der Waals surface area contributed by atoms with E-state index < -0.39 is 0 Å². The van der Waals surface area contributed by atoms with Crippen LogP contribution in [0.25, 0.3) is 0 Å². The molecule has 3 nitrogen and oxygen atoms in total. The summed E-state index contributed by atoms with van der Waals surface area (Å²) in [5.74, 6) is 0.829. The topological polar surface area (TPSA) is 24.5 Å². The monoisotopic (exact) mass is 304 g/mol. The van der Waals surface area contributed by atoms with E-state index >= 15 is 0 Å². The predicted molar refractivity (Wildman–Crippen MR) is 89.7 cm³/mol. The Balaban J connectivity index is 2.41. The molecule has 1 N–H and O–H groups in total. The molecule has 0 saturated carbocycles. The molecule has 0 aliphatic heterocycles. The quantitative estimate of drug-likeness (QED) is 0.911. The molecule has 112 valence electrons. The van der Waals surface area contributed by atoms with Crippen LogP contribution in [0.3, 0.4) is 0 Å². The van der Waals surface area contributed by atoms with Crippen molar-refractivity contribution in [2.24, 2.45) is 0 Å². The minimum atomic E-state index is 0.0369. The highest BCUT2D eigenvalue weighted by Gasteiger charge is 2.17. The number of ether oxygens (including phenoxy) is 1. The SMILES string of the molecule is CNC(c1ccc(N(C)C)cc1)c1cc(Cl)ccc1OC. The summed E-state index contributed by atoms with van der Waals surface area (Å²) in [6.07, 6.45) is 0. The average Bonchev–Trinajstić information content (AvgIpc) is 2.49. The molecule has 4 heteroatoms. The summed E-state index contributed by atoms with van der Waals surface area (Å²) in [5, 5.41) is 4.04. The van der Waals surface area contributed by atoms with Gasteiger partial charge in [-0.15, -0.1) is 0 Å². The van der Waals surface area contributed by atoms with E-state index in [1.54, 1.807) is 7.11 Å². The lowest BCUT2D eigenvalue weighted by molar-refractivity contribution is 0.405. The lowest BCUT2D eigenvalue weighted by Gasteiger charge is -2.21. The van der Waals surface area contributed by atoms with Crippen LogP contribution in [0, 0.1) is 0 Å². The molecule has 21 heavy (non-hydrogen) atoms. The van der Waals surface area contributed by atoms with Gasteiger partial charge >= 0.3 is 0 Å². The fourth-order valence-electron chi connectivity index (χ4n) is 2.40. The second kappa shape index (κ2) is 6.83. The largest absolute Gasteiger partial charge is 0.496 e. The molecule has 0 aromatic heterocycles. The van der Waals surface area contributed by atoms with E-state index in [2.05, 4.69) is 34.5 Å². The summed E-state index contributed by atoms with van der Waals surface area (Å²) in [6.45, 7) is 0. The Labute approximate surface area is 131 Å². The minimum absolute atomic E-state index is 0.0369. The zero-order chi connectivity index (χ0) is 15.4.